The van der Waals surface area contributed by atoms with Crippen LogP contribution in [0, 0.1) is 0 Å². The van der Waals surface area contributed by atoms with Crippen molar-refractivity contribution < 1.29 is 18.7 Å². The minimum absolute atomic E-state index is 0.677. The maximum Gasteiger partial charge on any atom is 0.279 e. The van der Waals surface area contributed by atoms with Crippen LogP contribution in [0.25, 0.3) is 0 Å². The number of alkyl halides is 2. The Morgan fingerprint density at radius 2 is 2.14 bits per heavy atom. The van der Waals surface area contributed by atoms with E-state index in [9.17, 15) is 18.4 Å². The smallest absolute Gasteiger partial charge is 0.279 e. The molecule has 0 saturated carbocycles. The molecule has 1 aromatic heterocycles. The molecule has 1 heterocycles. The summed E-state index contributed by atoms with van der Waals surface area (Å²) in [5, 5.41) is 8.86. The van der Waals surface area contributed by atoms with Crippen LogP contribution in [-0.4, -0.2) is 16.0 Å². The Kier molecular flexibility index (Phi) is 2.50. The number of primary amides is 1. The van der Waals surface area contributed by atoms with Crippen molar-refractivity contribution >= 4 is 5.91 Å². The number of hydrogen-bond acceptors (Lipinski definition) is 3. The minimum atomic E-state index is -3.04. The number of pyridine rings is 1. The molecule has 0 radical (unpaired) electrons. The summed E-state index contributed by atoms with van der Waals surface area (Å²) >= 11 is 0. The van der Waals surface area contributed by atoms with Gasteiger partial charge in [0.2, 0.25) is 5.43 Å². The molecule has 0 aliphatic carbocycles. The van der Waals surface area contributed by atoms with Crippen molar-refractivity contribution in [2.75, 3.05) is 0 Å². The van der Waals surface area contributed by atoms with Gasteiger partial charge in [0.05, 0.1) is 5.69 Å². The molecule has 1 amide bonds. The lowest BCUT2D eigenvalue weighted by molar-refractivity contribution is 0.0980. The van der Waals surface area contributed by atoms with Gasteiger partial charge in [-0.2, -0.15) is 0 Å². The fraction of sp³-hybridized carbons (Fsp3) is 0.143. The summed E-state index contributed by atoms with van der Waals surface area (Å²) in [5.74, 6) is -2.14. The number of nitrogens with two attached hydrogens (primary N) is 1. The molecule has 1 aromatic rings. The number of amides is 1. The standard InChI is InChI=1S/C7H6F2N2O3/c8-6(9)4-3(7(10)14)5(13)2(12)1-11-4/h1,6,12H,(H2,10,14)(H,11,13). The fourth-order valence-electron chi connectivity index (χ4n) is 0.951. The van der Waals surface area contributed by atoms with Crippen LogP contribution in [-0.2, 0) is 0 Å². The first kappa shape index (κ1) is 10.2. The van der Waals surface area contributed by atoms with Gasteiger partial charge in [-0.15, -0.1) is 0 Å². The second-order valence-electron chi connectivity index (χ2n) is 2.46. The van der Waals surface area contributed by atoms with Gasteiger partial charge < -0.3 is 15.8 Å². The van der Waals surface area contributed by atoms with E-state index in [2.05, 4.69) is 0 Å². The molecule has 14 heavy (non-hydrogen) atoms. The number of aromatic nitrogens is 1. The lowest BCUT2D eigenvalue weighted by Crippen LogP contribution is -2.25. The molecule has 5 nitrogen and oxygen atoms in total. The lowest BCUT2D eigenvalue weighted by Gasteiger charge is -2.04. The Labute approximate surface area is 76.2 Å². The van der Waals surface area contributed by atoms with Gasteiger partial charge >= 0.3 is 0 Å². The van der Waals surface area contributed by atoms with Crippen LogP contribution in [0.3, 0.4) is 0 Å². The molecule has 0 atom stereocenters. The number of halogens is 2. The monoisotopic (exact) mass is 204 g/mol. The second-order valence-corrected chi connectivity index (χ2v) is 2.46. The van der Waals surface area contributed by atoms with E-state index in [4.69, 9.17) is 10.8 Å². The van der Waals surface area contributed by atoms with E-state index < -0.39 is 34.8 Å². The number of rotatable bonds is 2. The lowest BCUT2D eigenvalue weighted by atomic mass is 10.1. The molecule has 0 bridgehead atoms. The van der Waals surface area contributed by atoms with E-state index in [1.54, 1.807) is 0 Å². The van der Waals surface area contributed by atoms with E-state index in [1.165, 1.54) is 0 Å². The molecule has 0 aliphatic rings. The zero-order valence-electron chi connectivity index (χ0n) is 6.75. The normalized spacial score (nSPS) is 10.5. The Balaban J connectivity index is 3.54. The number of nitrogens with one attached hydrogen (secondary N) is 1. The number of aromatic amines is 1. The molecule has 0 aromatic carbocycles. The summed E-state index contributed by atoms with van der Waals surface area (Å²) in [5.41, 5.74) is 1.71. The summed E-state index contributed by atoms with van der Waals surface area (Å²) < 4.78 is 24.5. The van der Waals surface area contributed by atoms with Crippen molar-refractivity contribution in [3.8, 4) is 5.75 Å². The average molecular weight is 204 g/mol. The van der Waals surface area contributed by atoms with Crippen molar-refractivity contribution in [2.24, 2.45) is 5.73 Å². The molecule has 76 valence electrons. The van der Waals surface area contributed by atoms with Crippen LogP contribution < -0.4 is 11.2 Å². The third-order valence-corrected chi connectivity index (χ3v) is 1.56. The van der Waals surface area contributed by atoms with Gasteiger partial charge in [-0.3, -0.25) is 9.59 Å². The van der Waals surface area contributed by atoms with E-state index in [0.717, 1.165) is 0 Å². The van der Waals surface area contributed by atoms with Crippen molar-refractivity contribution in [3.05, 3.63) is 27.7 Å². The first-order valence-corrected chi connectivity index (χ1v) is 3.47. The van der Waals surface area contributed by atoms with Gasteiger partial charge in [-0.1, -0.05) is 0 Å². The third kappa shape index (κ3) is 1.56. The van der Waals surface area contributed by atoms with E-state index in [1.807, 2.05) is 4.98 Å². The first-order chi connectivity index (χ1) is 6.45. The molecule has 0 fully saturated rings. The van der Waals surface area contributed by atoms with Crippen LogP contribution in [0.1, 0.15) is 22.5 Å². The van der Waals surface area contributed by atoms with Gasteiger partial charge in [-0.25, -0.2) is 8.78 Å². The molecule has 0 spiro atoms. The maximum absolute atomic E-state index is 12.2. The third-order valence-electron chi connectivity index (χ3n) is 1.56. The number of hydrogen-bond donors (Lipinski definition) is 3. The zero-order valence-corrected chi connectivity index (χ0v) is 6.75. The van der Waals surface area contributed by atoms with Gasteiger partial charge in [0.25, 0.3) is 12.3 Å². The molecule has 1 rings (SSSR count). The fourth-order valence-corrected chi connectivity index (χ4v) is 0.951. The van der Waals surface area contributed by atoms with Crippen LogP contribution >= 0.6 is 0 Å². The SMILES string of the molecule is NC(=O)c1c(C(F)F)[nH]cc(O)c1=O. The highest BCUT2D eigenvalue weighted by Crippen LogP contribution is 2.19. The van der Waals surface area contributed by atoms with E-state index in [0.29, 0.717) is 6.20 Å². The van der Waals surface area contributed by atoms with Gasteiger partial charge in [-0.05, 0) is 0 Å². The molecule has 0 saturated heterocycles. The maximum atomic E-state index is 12.2. The number of aromatic hydroxyl groups is 1. The first-order valence-electron chi connectivity index (χ1n) is 3.47. The van der Waals surface area contributed by atoms with E-state index in [-0.39, 0.29) is 0 Å². The van der Waals surface area contributed by atoms with Crippen LogP contribution in [0.5, 0.6) is 5.75 Å². The highest BCUT2D eigenvalue weighted by Gasteiger charge is 2.22. The predicted molar refractivity (Wildman–Crippen MR) is 42.2 cm³/mol. The average Bonchev–Trinajstić information content (AvgIpc) is 2.08. The molecule has 7 heteroatoms. The molecular formula is C7H6F2N2O3. The Morgan fingerprint density at radius 1 is 1.57 bits per heavy atom. The topological polar surface area (TPSA) is 96.2 Å². The van der Waals surface area contributed by atoms with Crippen LogP contribution in [0.2, 0.25) is 0 Å². The Morgan fingerprint density at radius 3 is 2.57 bits per heavy atom. The highest BCUT2D eigenvalue weighted by molar-refractivity contribution is 5.94. The van der Waals surface area contributed by atoms with Crippen molar-refractivity contribution in [1.29, 1.82) is 0 Å². The van der Waals surface area contributed by atoms with Crippen molar-refractivity contribution in [2.45, 2.75) is 6.43 Å². The summed E-state index contributed by atoms with van der Waals surface area (Å²) in [7, 11) is 0. The van der Waals surface area contributed by atoms with Gasteiger partial charge in [0.1, 0.15) is 5.56 Å². The van der Waals surface area contributed by atoms with E-state index >= 15 is 0 Å². The minimum Gasteiger partial charge on any atom is -0.503 e. The van der Waals surface area contributed by atoms with Gasteiger partial charge in [0.15, 0.2) is 5.75 Å². The molecular weight excluding hydrogens is 198 g/mol. The number of carbonyl (C=O) groups excluding carboxylic acids is 1. The quantitative estimate of drug-likeness (QED) is 0.638. The Hall–Kier alpha value is -1.92. The van der Waals surface area contributed by atoms with Crippen molar-refractivity contribution in [1.82, 2.24) is 4.98 Å². The highest BCUT2D eigenvalue weighted by atomic mass is 19.3. The summed E-state index contributed by atoms with van der Waals surface area (Å²) in [6, 6.07) is 0. The number of H-pyrrole nitrogens is 1. The second kappa shape index (κ2) is 3.44. The number of carbonyl (C=O) groups is 1. The van der Waals surface area contributed by atoms with Crippen LogP contribution in [0.15, 0.2) is 11.0 Å². The predicted octanol–water partition coefficient (Wildman–Crippen LogP) is 0.117. The summed E-state index contributed by atoms with van der Waals surface area (Å²) in [6.07, 6.45) is -2.36. The van der Waals surface area contributed by atoms with Crippen molar-refractivity contribution in [3.63, 3.8) is 0 Å². The molecule has 0 aliphatic heterocycles. The molecule has 0 unspecified atom stereocenters. The molecule has 4 N–H and O–H groups in total. The largest absolute Gasteiger partial charge is 0.503 e. The zero-order chi connectivity index (χ0) is 10.9. The summed E-state index contributed by atoms with van der Waals surface area (Å²) in [4.78, 5) is 23.6. The summed E-state index contributed by atoms with van der Waals surface area (Å²) in [6.45, 7) is 0. The Bertz CT molecular complexity index is 427. The van der Waals surface area contributed by atoms with Gasteiger partial charge in [0, 0.05) is 6.20 Å². The van der Waals surface area contributed by atoms with Crippen LogP contribution in [0.4, 0.5) is 8.78 Å².